The number of hydrogen-bond acceptors (Lipinski definition) is 2. The summed E-state index contributed by atoms with van der Waals surface area (Å²) in [7, 11) is 0. The Morgan fingerprint density at radius 3 is 2.05 bits per heavy atom. The van der Waals surface area contributed by atoms with Crippen LogP contribution in [0, 0.1) is 20.8 Å². The van der Waals surface area contributed by atoms with Crippen molar-refractivity contribution in [2.75, 3.05) is 18.9 Å². The summed E-state index contributed by atoms with van der Waals surface area (Å²) >= 11 is 0. The summed E-state index contributed by atoms with van der Waals surface area (Å²) in [4.78, 5) is 0. The fourth-order valence-corrected chi connectivity index (χ4v) is 3.06. The number of hydrogen-bond donors (Lipinski definition) is 1. The molecule has 0 atom stereocenters. The first-order valence-electron chi connectivity index (χ1n) is 7.05. The molecule has 2 N–H and O–H groups in total. The van der Waals surface area contributed by atoms with Crippen LogP contribution >= 0.6 is 0 Å². The van der Waals surface area contributed by atoms with E-state index in [2.05, 4.69) is 45.0 Å². The number of anilines is 1. The molecule has 0 spiro atoms. The molecule has 2 aromatic rings. The van der Waals surface area contributed by atoms with Crippen molar-refractivity contribution in [1.29, 1.82) is 0 Å². The number of aryl methyl sites for hydroxylation is 3. The molecule has 2 nitrogen and oxygen atoms in total. The minimum Gasteiger partial charge on any atom is -0.399 e. The molecule has 0 saturated carbocycles. The molecule has 1 fully saturated rings. The van der Waals surface area contributed by atoms with Crippen molar-refractivity contribution in [3.05, 3.63) is 64.2 Å². The van der Waals surface area contributed by atoms with Gasteiger partial charge < -0.3 is 10.5 Å². The highest BCUT2D eigenvalue weighted by Gasteiger charge is 2.43. The Morgan fingerprint density at radius 1 is 0.900 bits per heavy atom. The van der Waals surface area contributed by atoms with Crippen LogP contribution in [0.25, 0.3) is 0 Å². The van der Waals surface area contributed by atoms with Gasteiger partial charge in [-0.3, -0.25) is 0 Å². The zero-order chi connectivity index (χ0) is 14.3. The van der Waals surface area contributed by atoms with Crippen molar-refractivity contribution >= 4 is 5.69 Å². The molecular weight excluding hydrogens is 246 g/mol. The maximum atomic E-state index is 5.81. The summed E-state index contributed by atoms with van der Waals surface area (Å²) in [6, 6.07) is 12.8. The first-order chi connectivity index (χ1) is 9.53. The number of rotatable bonds is 2. The average molecular weight is 267 g/mol. The van der Waals surface area contributed by atoms with E-state index in [1.165, 1.54) is 27.8 Å². The minimum atomic E-state index is -0.00373. The normalized spacial score (nSPS) is 16.8. The third kappa shape index (κ3) is 1.92. The largest absolute Gasteiger partial charge is 0.399 e. The zero-order valence-corrected chi connectivity index (χ0v) is 12.4. The molecule has 104 valence electrons. The van der Waals surface area contributed by atoms with Crippen LogP contribution in [0.3, 0.4) is 0 Å². The van der Waals surface area contributed by atoms with E-state index in [1.54, 1.807) is 0 Å². The van der Waals surface area contributed by atoms with Gasteiger partial charge in [0.15, 0.2) is 0 Å². The lowest BCUT2D eigenvalue weighted by Gasteiger charge is -2.43. The highest BCUT2D eigenvalue weighted by atomic mass is 16.5. The van der Waals surface area contributed by atoms with Crippen molar-refractivity contribution in [1.82, 2.24) is 0 Å². The summed E-state index contributed by atoms with van der Waals surface area (Å²) in [5.41, 5.74) is 13.3. The Balaban J connectivity index is 2.14. The van der Waals surface area contributed by atoms with E-state index in [0.717, 1.165) is 18.9 Å². The average Bonchev–Trinajstić information content (AvgIpc) is 2.36. The Morgan fingerprint density at radius 2 is 1.50 bits per heavy atom. The molecule has 1 heterocycles. The van der Waals surface area contributed by atoms with Gasteiger partial charge in [0.05, 0.1) is 18.6 Å². The van der Waals surface area contributed by atoms with Gasteiger partial charge in [-0.05, 0) is 60.7 Å². The summed E-state index contributed by atoms with van der Waals surface area (Å²) in [6.45, 7) is 8.04. The molecule has 20 heavy (non-hydrogen) atoms. The zero-order valence-electron chi connectivity index (χ0n) is 12.4. The van der Waals surface area contributed by atoms with Crippen molar-refractivity contribution in [3.8, 4) is 0 Å². The van der Waals surface area contributed by atoms with Crippen LogP contribution in [0.4, 0.5) is 5.69 Å². The van der Waals surface area contributed by atoms with Crippen molar-refractivity contribution in [2.45, 2.75) is 26.2 Å². The fraction of sp³-hybridized carbons (Fsp3) is 0.333. The lowest BCUT2D eigenvalue weighted by molar-refractivity contribution is -0.0382. The molecule has 3 rings (SSSR count). The van der Waals surface area contributed by atoms with Crippen LogP contribution in [0.5, 0.6) is 0 Å². The topological polar surface area (TPSA) is 35.2 Å². The minimum absolute atomic E-state index is 0.00373. The molecule has 1 saturated heterocycles. The van der Waals surface area contributed by atoms with Crippen molar-refractivity contribution in [2.24, 2.45) is 0 Å². The fourth-order valence-electron chi connectivity index (χ4n) is 3.06. The molecule has 0 aromatic heterocycles. The predicted octanol–water partition coefficient (Wildman–Crippen LogP) is 3.51. The summed E-state index contributed by atoms with van der Waals surface area (Å²) in [5.74, 6) is 0. The van der Waals surface area contributed by atoms with Gasteiger partial charge in [0.25, 0.3) is 0 Å². The molecular formula is C18H21NO. The SMILES string of the molecule is Cc1cc(C)c(C2(c3ccc(N)cc3)COC2)cc1C. The summed E-state index contributed by atoms with van der Waals surface area (Å²) < 4.78 is 5.57. The van der Waals surface area contributed by atoms with Crippen molar-refractivity contribution in [3.63, 3.8) is 0 Å². The van der Waals surface area contributed by atoms with E-state index in [9.17, 15) is 0 Å². The van der Waals surface area contributed by atoms with E-state index in [-0.39, 0.29) is 5.41 Å². The summed E-state index contributed by atoms with van der Waals surface area (Å²) in [5, 5.41) is 0. The number of nitrogens with two attached hydrogens (primary N) is 1. The van der Waals surface area contributed by atoms with Gasteiger partial charge in [0.1, 0.15) is 0 Å². The van der Waals surface area contributed by atoms with E-state index < -0.39 is 0 Å². The second kappa shape index (κ2) is 4.64. The molecule has 2 heteroatoms. The van der Waals surface area contributed by atoms with E-state index in [1.807, 2.05) is 12.1 Å². The quantitative estimate of drug-likeness (QED) is 0.845. The molecule has 0 unspecified atom stereocenters. The van der Waals surface area contributed by atoms with Crippen LogP contribution in [0.1, 0.15) is 27.8 Å². The lowest BCUT2D eigenvalue weighted by Crippen LogP contribution is -2.48. The third-order valence-corrected chi connectivity index (χ3v) is 4.52. The van der Waals surface area contributed by atoms with Gasteiger partial charge in [-0.2, -0.15) is 0 Å². The molecule has 2 aromatic carbocycles. The molecule has 1 aliphatic rings. The van der Waals surface area contributed by atoms with Gasteiger partial charge in [-0.1, -0.05) is 24.3 Å². The Bertz CT molecular complexity index is 639. The van der Waals surface area contributed by atoms with Crippen LogP contribution in [0.2, 0.25) is 0 Å². The van der Waals surface area contributed by atoms with Crippen molar-refractivity contribution < 1.29 is 4.74 Å². The van der Waals surface area contributed by atoms with Crippen LogP contribution < -0.4 is 5.73 Å². The second-order valence-electron chi connectivity index (χ2n) is 5.95. The number of ether oxygens (including phenoxy) is 1. The van der Waals surface area contributed by atoms with Crippen LogP contribution in [-0.2, 0) is 10.2 Å². The maximum absolute atomic E-state index is 5.81. The molecule has 0 aliphatic carbocycles. The standard InChI is InChI=1S/C18H21NO/c1-12-8-14(3)17(9-13(12)2)18(10-20-11-18)15-4-6-16(19)7-5-15/h4-9H,10-11,19H2,1-3H3. The van der Waals surface area contributed by atoms with E-state index in [4.69, 9.17) is 10.5 Å². The predicted molar refractivity (Wildman–Crippen MR) is 83.1 cm³/mol. The number of benzene rings is 2. The van der Waals surface area contributed by atoms with Gasteiger partial charge in [-0.15, -0.1) is 0 Å². The van der Waals surface area contributed by atoms with Gasteiger partial charge in [0.2, 0.25) is 0 Å². The Labute approximate surface area is 120 Å². The van der Waals surface area contributed by atoms with Crippen LogP contribution in [0.15, 0.2) is 36.4 Å². The smallest absolute Gasteiger partial charge is 0.0672 e. The summed E-state index contributed by atoms with van der Waals surface area (Å²) in [6.07, 6.45) is 0. The number of nitrogen functional groups attached to an aromatic ring is 1. The second-order valence-corrected chi connectivity index (χ2v) is 5.95. The van der Waals surface area contributed by atoms with Gasteiger partial charge in [0, 0.05) is 5.69 Å². The lowest BCUT2D eigenvalue weighted by atomic mass is 9.70. The Hall–Kier alpha value is -1.80. The van der Waals surface area contributed by atoms with E-state index in [0.29, 0.717) is 0 Å². The van der Waals surface area contributed by atoms with E-state index >= 15 is 0 Å². The Kier molecular flexibility index (Phi) is 3.06. The maximum Gasteiger partial charge on any atom is 0.0672 e. The third-order valence-electron chi connectivity index (χ3n) is 4.52. The monoisotopic (exact) mass is 267 g/mol. The molecule has 0 bridgehead atoms. The highest BCUT2D eigenvalue weighted by Crippen LogP contribution is 2.41. The van der Waals surface area contributed by atoms with Gasteiger partial charge in [-0.25, -0.2) is 0 Å². The highest BCUT2D eigenvalue weighted by molar-refractivity contribution is 5.51. The molecule has 0 radical (unpaired) electrons. The van der Waals surface area contributed by atoms with Crippen LogP contribution in [-0.4, -0.2) is 13.2 Å². The first-order valence-corrected chi connectivity index (χ1v) is 7.05. The molecule has 1 aliphatic heterocycles. The first kappa shape index (κ1) is 13.2. The van der Waals surface area contributed by atoms with Gasteiger partial charge >= 0.3 is 0 Å². The molecule has 0 amide bonds.